The first-order valence-corrected chi connectivity index (χ1v) is 9.62. The molecule has 0 radical (unpaired) electrons. The van der Waals surface area contributed by atoms with Crippen LogP contribution in [0.2, 0.25) is 0 Å². The van der Waals surface area contributed by atoms with Gasteiger partial charge in [0, 0.05) is 24.8 Å². The molecule has 4 rings (SSSR count). The Hall–Kier alpha value is -2.60. The molecule has 1 fully saturated rings. The van der Waals surface area contributed by atoms with Gasteiger partial charge in [0.2, 0.25) is 5.91 Å². The van der Waals surface area contributed by atoms with Gasteiger partial charge >= 0.3 is 0 Å². The van der Waals surface area contributed by atoms with Gasteiger partial charge in [-0.25, -0.2) is 4.98 Å². The average molecular weight is 367 g/mol. The Kier molecular flexibility index (Phi) is 4.51. The summed E-state index contributed by atoms with van der Waals surface area (Å²) in [6, 6.07) is 13.0. The van der Waals surface area contributed by atoms with E-state index >= 15 is 0 Å². The fourth-order valence-electron chi connectivity index (χ4n) is 3.35. The van der Waals surface area contributed by atoms with E-state index in [1.54, 1.807) is 35.6 Å². The number of amides is 1. The van der Waals surface area contributed by atoms with Gasteiger partial charge < -0.3 is 15.3 Å². The maximum Gasteiger partial charge on any atom is 0.229 e. The number of aryl methyl sites for hydroxylation is 1. The summed E-state index contributed by atoms with van der Waals surface area (Å²) in [5.41, 5.74) is 2.87. The number of hydrogen-bond acceptors (Lipinski definition) is 5. The van der Waals surface area contributed by atoms with Gasteiger partial charge in [-0.1, -0.05) is 23.5 Å². The Morgan fingerprint density at radius 1 is 1.31 bits per heavy atom. The lowest BCUT2D eigenvalue weighted by atomic mass is 9.97. The van der Waals surface area contributed by atoms with Gasteiger partial charge in [0.25, 0.3) is 0 Å². The number of thiazole rings is 1. The van der Waals surface area contributed by atoms with Crippen molar-refractivity contribution in [3.63, 3.8) is 0 Å². The molecule has 0 aliphatic carbocycles. The minimum atomic E-state index is -0.0835. The van der Waals surface area contributed by atoms with Crippen LogP contribution in [-0.2, 0) is 4.79 Å². The number of phenols is 1. The topological polar surface area (TPSA) is 65.5 Å². The molecule has 2 heterocycles. The first-order valence-electron chi connectivity index (χ1n) is 8.80. The van der Waals surface area contributed by atoms with Crippen LogP contribution in [0.3, 0.4) is 0 Å². The molecule has 0 saturated carbocycles. The number of nitrogens with zero attached hydrogens (tertiary/aromatic N) is 2. The number of rotatable bonds is 3. The van der Waals surface area contributed by atoms with Crippen LogP contribution in [0, 0.1) is 12.8 Å². The zero-order chi connectivity index (χ0) is 18.1. The van der Waals surface area contributed by atoms with E-state index in [0.29, 0.717) is 12.2 Å². The maximum atomic E-state index is 12.6. The maximum absolute atomic E-state index is 12.6. The van der Waals surface area contributed by atoms with Crippen molar-refractivity contribution in [2.45, 2.75) is 19.8 Å². The number of phenolic OH excluding ortho intramolecular Hbond substituents is 1. The highest BCUT2D eigenvalue weighted by molar-refractivity contribution is 7.22. The molecule has 0 bridgehead atoms. The first-order chi connectivity index (χ1) is 12.6. The third kappa shape index (κ3) is 3.51. The normalized spacial score (nSPS) is 17.4. The first kappa shape index (κ1) is 16.8. The molecule has 1 aliphatic heterocycles. The van der Waals surface area contributed by atoms with Gasteiger partial charge in [-0.05, 0) is 49.6 Å². The summed E-state index contributed by atoms with van der Waals surface area (Å²) in [5, 5.41) is 13.5. The SMILES string of the molecule is Cc1ccc2nc(N3CCCC(C(=O)Nc4cccc(O)c4)C3)sc2c1. The number of anilines is 2. The molecule has 1 unspecified atom stereocenters. The van der Waals surface area contributed by atoms with Gasteiger partial charge in [-0.3, -0.25) is 4.79 Å². The van der Waals surface area contributed by atoms with Crippen LogP contribution in [-0.4, -0.2) is 29.1 Å². The number of fused-ring (bicyclic) bond motifs is 1. The van der Waals surface area contributed by atoms with Gasteiger partial charge in [-0.2, -0.15) is 0 Å². The van der Waals surface area contributed by atoms with Crippen molar-refractivity contribution in [3.05, 3.63) is 48.0 Å². The lowest BCUT2D eigenvalue weighted by molar-refractivity contribution is -0.120. The second-order valence-corrected chi connectivity index (χ2v) is 7.80. The van der Waals surface area contributed by atoms with Crippen LogP contribution >= 0.6 is 11.3 Å². The van der Waals surface area contributed by atoms with E-state index in [1.807, 2.05) is 0 Å². The Balaban J connectivity index is 1.48. The van der Waals surface area contributed by atoms with Gasteiger partial charge in [0.15, 0.2) is 5.13 Å². The summed E-state index contributed by atoms with van der Waals surface area (Å²) in [7, 11) is 0. The summed E-state index contributed by atoms with van der Waals surface area (Å²) in [6.07, 6.45) is 1.83. The summed E-state index contributed by atoms with van der Waals surface area (Å²) in [6.45, 7) is 3.68. The van der Waals surface area contributed by atoms with Crippen molar-refractivity contribution in [3.8, 4) is 5.75 Å². The van der Waals surface area contributed by atoms with Gasteiger partial charge in [-0.15, -0.1) is 0 Å². The Morgan fingerprint density at radius 2 is 2.19 bits per heavy atom. The zero-order valence-electron chi connectivity index (χ0n) is 14.6. The van der Waals surface area contributed by atoms with E-state index in [-0.39, 0.29) is 17.6 Å². The molecule has 0 spiro atoms. The fraction of sp³-hybridized carbons (Fsp3) is 0.300. The molecular weight excluding hydrogens is 346 g/mol. The number of carbonyl (C=O) groups excluding carboxylic acids is 1. The second kappa shape index (κ2) is 6.96. The highest BCUT2D eigenvalue weighted by atomic mass is 32.1. The average Bonchev–Trinajstić information content (AvgIpc) is 3.05. The predicted molar refractivity (Wildman–Crippen MR) is 106 cm³/mol. The van der Waals surface area contributed by atoms with Crippen LogP contribution in [0.4, 0.5) is 10.8 Å². The van der Waals surface area contributed by atoms with E-state index in [1.165, 1.54) is 10.3 Å². The van der Waals surface area contributed by atoms with Crippen LogP contribution in [0.25, 0.3) is 10.2 Å². The molecule has 1 aromatic heterocycles. The molecule has 3 aromatic rings. The van der Waals surface area contributed by atoms with Crippen molar-refractivity contribution < 1.29 is 9.90 Å². The molecule has 1 amide bonds. The van der Waals surface area contributed by atoms with Crippen LogP contribution in [0.1, 0.15) is 18.4 Å². The molecule has 1 saturated heterocycles. The van der Waals surface area contributed by atoms with E-state index in [9.17, 15) is 9.90 Å². The molecule has 26 heavy (non-hydrogen) atoms. The van der Waals surface area contributed by atoms with Crippen LogP contribution < -0.4 is 10.2 Å². The number of aromatic hydroxyl groups is 1. The Morgan fingerprint density at radius 3 is 3.04 bits per heavy atom. The van der Waals surface area contributed by atoms with E-state index < -0.39 is 0 Å². The van der Waals surface area contributed by atoms with Crippen LogP contribution in [0.5, 0.6) is 5.75 Å². The second-order valence-electron chi connectivity index (χ2n) is 6.79. The molecule has 1 aliphatic rings. The monoisotopic (exact) mass is 367 g/mol. The van der Waals surface area contributed by atoms with Gasteiger partial charge in [0.05, 0.1) is 16.1 Å². The third-order valence-corrected chi connectivity index (χ3v) is 5.79. The summed E-state index contributed by atoms with van der Waals surface area (Å²) >= 11 is 1.69. The molecule has 134 valence electrons. The summed E-state index contributed by atoms with van der Waals surface area (Å²) in [5.74, 6) is 0.0648. The van der Waals surface area contributed by atoms with E-state index in [2.05, 4.69) is 35.3 Å². The number of aromatic nitrogens is 1. The molecule has 1 atom stereocenters. The Labute approximate surface area is 156 Å². The number of piperidine rings is 1. The van der Waals surface area contributed by atoms with Crippen molar-refractivity contribution in [1.82, 2.24) is 4.98 Å². The minimum absolute atomic E-state index is 0.00254. The van der Waals surface area contributed by atoms with E-state index in [4.69, 9.17) is 4.98 Å². The largest absolute Gasteiger partial charge is 0.508 e. The highest BCUT2D eigenvalue weighted by Gasteiger charge is 2.27. The van der Waals surface area contributed by atoms with Crippen molar-refractivity contribution in [2.24, 2.45) is 5.92 Å². The minimum Gasteiger partial charge on any atom is -0.508 e. The number of hydrogen-bond donors (Lipinski definition) is 2. The lowest BCUT2D eigenvalue weighted by Gasteiger charge is -2.31. The lowest BCUT2D eigenvalue weighted by Crippen LogP contribution is -2.40. The Bertz CT molecular complexity index is 953. The zero-order valence-corrected chi connectivity index (χ0v) is 15.4. The molecule has 2 aromatic carbocycles. The predicted octanol–water partition coefficient (Wildman–Crippen LogP) is 4.17. The molecule has 6 heteroatoms. The standard InChI is InChI=1S/C20H21N3O2S/c1-13-7-8-17-18(10-13)26-20(22-17)23-9-3-4-14(12-23)19(25)21-15-5-2-6-16(24)11-15/h2,5-8,10-11,14,24H,3-4,9,12H2,1H3,(H,21,25). The third-order valence-electron chi connectivity index (χ3n) is 4.71. The van der Waals surface area contributed by atoms with Crippen LogP contribution in [0.15, 0.2) is 42.5 Å². The van der Waals surface area contributed by atoms with Crippen molar-refractivity contribution in [1.29, 1.82) is 0 Å². The number of nitrogens with one attached hydrogen (secondary N) is 1. The van der Waals surface area contributed by atoms with E-state index in [0.717, 1.165) is 30.0 Å². The van der Waals surface area contributed by atoms with Crippen molar-refractivity contribution >= 4 is 38.3 Å². The summed E-state index contributed by atoms with van der Waals surface area (Å²) < 4.78 is 1.19. The van der Waals surface area contributed by atoms with Gasteiger partial charge in [0.1, 0.15) is 5.75 Å². The molecule has 5 nitrogen and oxygen atoms in total. The quantitative estimate of drug-likeness (QED) is 0.729. The number of carbonyl (C=O) groups is 1. The highest BCUT2D eigenvalue weighted by Crippen LogP contribution is 2.32. The smallest absolute Gasteiger partial charge is 0.229 e. The fourth-order valence-corrected chi connectivity index (χ4v) is 4.45. The number of benzene rings is 2. The molecule has 2 N–H and O–H groups in total. The molecular formula is C20H21N3O2S. The van der Waals surface area contributed by atoms with Crippen molar-refractivity contribution in [2.75, 3.05) is 23.3 Å². The summed E-state index contributed by atoms with van der Waals surface area (Å²) in [4.78, 5) is 19.6.